The third kappa shape index (κ3) is 2.95. The van der Waals surface area contributed by atoms with Crippen LogP contribution in [0.15, 0.2) is 53.6 Å². The van der Waals surface area contributed by atoms with Gasteiger partial charge in [-0.2, -0.15) is 0 Å². The number of aromatic nitrogens is 2. The highest BCUT2D eigenvalue weighted by molar-refractivity contribution is 7.90. The standard InChI is InChI=1S/C17H17N3O2S/c1-11(18)13-10-15-14(7-5-9-19-15)20-17(13)12-6-3-4-8-16(12)23(2,21)22/h3-11H,18H2,1-2H3. The summed E-state index contributed by atoms with van der Waals surface area (Å²) in [4.78, 5) is 9.18. The Kier molecular flexibility index (Phi) is 3.87. The van der Waals surface area contributed by atoms with Crippen LogP contribution in [-0.2, 0) is 9.84 Å². The lowest BCUT2D eigenvalue weighted by Crippen LogP contribution is -2.10. The van der Waals surface area contributed by atoms with Gasteiger partial charge in [0.1, 0.15) is 0 Å². The number of nitrogens with two attached hydrogens (primary N) is 1. The molecule has 3 aromatic rings. The normalized spacial score (nSPS) is 13.2. The van der Waals surface area contributed by atoms with Crippen molar-refractivity contribution in [3.05, 3.63) is 54.2 Å². The number of hydrogen-bond donors (Lipinski definition) is 1. The molecule has 2 N–H and O–H groups in total. The van der Waals surface area contributed by atoms with Crippen LogP contribution < -0.4 is 5.73 Å². The summed E-state index contributed by atoms with van der Waals surface area (Å²) in [7, 11) is -3.37. The molecule has 5 nitrogen and oxygen atoms in total. The molecule has 1 aromatic carbocycles. The second-order valence-corrected chi connectivity index (χ2v) is 7.51. The van der Waals surface area contributed by atoms with Gasteiger partial charge in [0.25, 0.3) is 0 Å². The van der Waals surface area contributed by atoms with E-state index in [-0.39, 0.29) is 10.9 Å². The molecular weight excluding hydrogens is 310 g/mol. The zero-order chi connectivity index (χ0) is 16.6. The van der Waals surface area contributed by atoms with Crippen LogP contribution in [0.25, 0.3) is 22.3 Å². The lowest BCUT2D eigenvalue weighted by Gasteiger charge is -2.15. The molecule has 6 heteroatoms. The maximum atomic E-state index is 12.1. The molecule has 1 atom stereocenters. The lowest BCUT2D eigenvalue weighted by molar-refractivity contribution is 0.602. The molecule has 0 amide bonds. The number of benzene rings is 1. The first-order chi connectivity index (χ1) is 10.9. The summed E-state index contributed by atoms with van der Waals surface area (Å²) in [6, 6.07) is 12.1. The molecule has 0 fully saturated rings. The Hall–Kier alpha value is -2.31. The van der Waals surface area contributed by atoms with Crippen molar-refractivity contribution in [3.8, 4) is 11.3 Å². The molecule has 1 unspecified atom stereocenters. The van der Waals surface area contributed by atoms with Crippen LogP contribution in [0.4, 0.5) is 0 Å². The van der Waals surface area contributed by atoms with E-state index in [1.807, 2.05) is 19.1 Å². The molecule has 2 aromatic heterocycles. The quantitative estimate of drug-likeness (QED) is 0.799. The molecule has 3 rings (SSSR count). The number of nitrogens with zero attached hydrogens (tertiary/aromatic N) is 2. The third-order valence-corrected chi connectivity index (χ3v) is 4.80. The van der Waals surface area contributed by atoms with Crippen molar-refractivity contribution in [2.45, 2.75) is 17.9 Å². The van der Waals surface area contributed by atoms with Crippen molar-refractivity contribution in [3.63, 3.8) is 0 Å². The Morgan fingerprint density at radius 3 is 2.52 bits per heavy atom. The average molecular weight is 327 g/mol. The van der Waals surface area contributed by atoms with E-state index < -0.39 is 9.84 Å². The van der Waals surface area contributed by atoms with Crippen molar-refractivity contribution in [2.24, 2.45) is 5.73 Å². The van der Waals surface area contributed by atoms with Gasteiger partial charge in [0, 0.05) is 24.1 Å². The van der Waals surface area contributed by atoms with Crippen molar-refractivity contribution in [1.82, 2.24) is 9.97 Å². The lowest BCUT2D eigenvalue weighted by atomic mass is 10.0. The minimum Gasteiger partial charge on any atom is -0.324 e. The van der Waals surface area contributed by atoms with Crippen LogP contribution in [0.1, 0.15) is 18.5 Å². The number of pyridine rings is 2. The Bertz CT molecular complexity index is 982. The Morgan fingerprint density at radius 1 is 1.09 bits per heavy atom. The van der Waals surface area contributed by atoms with Gasteiger partial charge in [-0.25, -0.2) is 13.4 Å². The molecule has 0 radical (unpaired) electrons. The fourth-order valence-corrected chi connectivity index (χ4v) is 3.45. The van der Waals surface area contributed by atoms with Crippen LogP contribution in [0.2, 0.25) is 0 Å². The van der Waals surface area contributed by atoms with E-state index in [0.29, 0.717) is 16.8 Å². The SMILES string of the molecule is CC(N)c1cc2ncccc2nc1-c1ccccc1S(C)(=O)=O. The summed E-state index contributed by atoms with van der Waals surface area (Å²) in [5, 5.41) is 0. The monoisotopic (exact) mass is 327 g/mol. The summed E-state index contributed by atoms with van der Waals surface area (Å²) in [5.41, 5.74) is 9.44. The zero-order valence-electron chi connectivity index (χ0n) is 12.9. The van der Waals surface area contributed by atoms with Gasteiger partial charge in [-0.3, -0.25) is 4.98 Å². The van der Waals surface area contributed by atoms with E-state index >= 15 is 0 Å². The van der Waals surface area contributed by atoms with Gasteiger partial charge >= 0.3 is 0 Å². The van der Waals surface area contributed by atoms with Crippen molar-refractivity contribution in [2.75, 3.05) is 6.26 Å². The first-order valence-electron chi connectivity index (χ1n) is 7.18. The van der Waals surface area contributed by atoms with Crippen LogP contribution >= 0.6 is 0 Å². The maximum absolute atomic E-state index is 12.1. The summed E-state index contributed by atoms with van der Waals surface area (Å²) >= 11 is 0. The number of rotatable bonds is 3. The van der Waals surface area contributed by atoms with Crippen molar-refractivity contribution in [1.29, 1.82) is 0 Å². The van der Waals surface area contributed by atoms with Crippen molar-refractivity contribution < 1.29 is 8.42 Å². The van der Waals surface area contributed by atoms with E-state index in [0.717, 1.165) is 11.1 Å². The summed E-state index contributed by atoms with van der Waals surface area (Å²) < 4.78 is 24.2. The van der Waals surface area contributed by atoms with Gasteiger partial charge in [-0.05, 0) is 36.8 Å². The van der Waals surface area contributed by atoms with Gasteiger partial charge < -0.3 is 5.73 Å². The largest absolute Gasteiger partial charge is 0.324 e. The molecule has 0 saturated heterocycles. The fourth-order valence-electron chi connectivity index (χ4n) is 2.56. The highest BCUT2D eigenvalue weighted by Gasteiger charge is 2.19. The fraction of sp³-hybridized carbons (Fsp3) is 0.176. The summed E-state index contributed by atoms with van der Waals surface area (Å²) in [6.07, 6.45) is 2.89. The van der Waals surface area contributed by atoms with Gasteiger partial charge in [-0.15, -0.1) is 0 Å². The van der Waals surface area contributed by atoms with E-state index in [4.69, 9.17) is 5.73 Å². The summed E-state index contributed by atoms with van der Waals surface area (Å²) in [6.45, 7) is 1.85. The molecule has 0 aliphatic carbocycles. The predicted octanol–water partition coefficient (Wildman–Crippen LogP) is 2.72. The number of sulfone groups is 1. The molecule has 118 valence electrons. The van der Waals surface area contributed by atoms with Crippen LogP contribution in [0, 0.1) is 0 Å². The Labute approximate surface area is 135 Å². The number of hydrogen-bond acceptors (Lipinski definition) is 5. The minimum absolute atomic E-state index is 0.248. The van der Waals surface area contributed by atoms with E-state index in [9.17, 15) is 8.42 Å². The second kappa shape index (κ2) is 5.72. The molecule has 0 saturated carbocycles. The second-order valence-electron chi connectivity index (χ2n) is 5.52. The van der Waals surface area contributed by atoms with E-state index in [1.165, 1.54) is 6.26 Å². The average Bonchev–Trinajstić information content (AvgIpc) is 2.52. The first kappa shape index (κ1) is 15.6. The molecule has 23 heavy (non-hydrogen) atoms. The van der Waals surface area contributed by atoms with E-state index in [2.05, 4.69) is 9.97 Å². The molecular formula is C17H17N3O2S. The van der Waals surface area contributed by atoms with E-state index in [1.54, 1.807) is 36.5 Å². The Morgan fingerprint density at radius 2 is 1.83 bits per heavy atom. The van der Waals surface area contributed by atoms with Gasteiger partial charge in [-0.1, -0.05) is 18.2 Å². The molecule has 0 bridgehead atoms. The van der Waals surface area contributed by atoms with Gasteiger partial charge in [0.05, 0.1) is 21.6 Å². The zero-order valence-corrected chi connectivity index (χ0v) is 13.7. The smallest absolute Gasteiger partial charge is 0.176 e. The number of fused-ring (bicyclic) bond motifs is 1. The molecule has 0 aliphatic rings. The molecule has 2 heterocycles. The summed E-state index contributed by atoms with van der Waals surface area (Å²) in [5.74, 6) is 0. The molecule has 0 aliphatic heterocycles. The van der Waals surface area contributed by atoms with Crippen LogP contribution in [0.3, 0.4) is 0 Å². The predicted molar refractivity (Wildman–Crippen MR) is 90.7 cm³/mol. The van der Waals surface area contributed by atoms with Crippen LogP contribution in [0.5, 0.6) is 0 Å². The van der Waals surface area contributed by atoms with Crippen molar-refractivity contribution >= 4 is 20.9 Å². The van der Waals surface area contributed by atoms with Crippen LogP contribution in [-0.4, -0.2) is 24.6 Å². The minimum atomic E-state index is -3.37. The highest BCUT2D eigenvalue weighted by Crippen LogP contribution is 2.32. The van der Waals surface area contributed by atoms with Gasteiger partial charge in [0.2, 0.25) is 0 Å². The van der Waals surface area contributed by atoms with Gasteiger partial charge in [0.15, 0.2) is 9.84 Å². The molecule has 0 spiro atoms. The highest BCUT2D eigenvalue weighted by atomic mass is 32.2. The third-order valence-electron chi connectivity index (χ3n) is 3.65. The maximum Gasteiger partial charge on any atom is 0.176 e. The Balaban J connectivity index is 2.38. The topological polar surface area (TPSA) is 85.9 Å². The first-order valence-corrected chi connectivity index (χ1v) is 9.08.